The normalized spacial score (nSPS) is 22.3. The van der Waals surface area contributed by atoms with Gasteiger partial charge in [0.2, 0.25) is 0 Å². The molecular weight excluding hydrogens is 244 g/mol. The molecule has 2 atom stereocenters. The van der Waals surface area contributed by atoms with Crippen LogP contribution in [0.2, 0.25) is 0 Å². The minimum absolute atomic E-state index is 0.0963. The summed E-state index contributed by atoms with van der Waals surface area (Å²) in [5, 5.41) is 19.1. The highest BCUT2D eigenvalue weighted by Crippen LogP contribution is 2.41. The van der Waals surface area contributed by atoms with Crippen molar-refractivity contribution in [2.75, 3.05) is 13.2 Å². The van der Waals surface area contributed by atoms with Gasteiger partial charge in [-0.05, 0) is 26.0 Å². The Morgan fingerprint density at radius 1 is 1.47 bits per heavy atom. The van der Waals surface area contributed by atoms with E-state index in [0.29, 0.717) is 24.5 Å². The average Bonchev–Trinajstić information content (AvgIpc) is 2.33. The van der Waals surface area contributed by atoms with Crippen molar-refractivity contribution in [3.8, 4) is 11.5 Å². The molecule has 1 aliphatic heterocycles. The van der Waals surface area contributed by atoms with Crippen LogP contribution in [-0.4, -0.2) is 29.0 Å². The molecule has 4 heteroatoms. The summed E-state index contributed by atoms with van der Waals surface area (Å²) >= 11 is 0. The molecule has 0 saturated heterocycles. The van der Waals surface area contributed by atoms with Crippen LogP contribution in [-0.2, 0) is 0 Å². The smallest absolute Gasteiger partial charge is 0.129 e. The van der Waals surface area contributed by atoms with Crippen molar-refractivity contribution in [2.24, 2.45) is 5.92 Å². The fraction of sp³-hybridized carbons (Fsp3) is 0.600. The summed E-state index contributed by atoms with van der Waals surface area (Å²) in [5.74, 6) is 1.47. The van der Waals surface area contributed by atoms with Crippen LogP contribution in [0.3, 0.4) is 0 Å². The molecular formula is C15H22O4. The highest BCUT2D eigenvalue weighted by atomic mass is 16.5. The van der Waals surface area contributed by atoms with Crippen LogP contribution >= 0.6 is 0 Å². The highest BCUT2D eigenvalue weighted by molar-refractivity contribution is 5.43. The Kier molecular flexibility index (Phi) is 4.02. The molecule has 19 heavy (non-hydrogen) atoms. The van der Waals surface area contributed by atoms with Crippen LogP contribution in [0.25, 0.3) is 0 Å². The Bertz CT molecular complexity index is 442. The van der Waals surface area contributed by atoms with Gasteiger partial charge < -0.3 is 19.7 Å². The van der Waals surface area contributed by atoms with Crippen LogP contribution in [0.5, 0.6) is 11.5 Å². The van der Waals surface area contributed by atoms with Crippen molar-refractivity contribution < 1.29 is 19.7 Å². The lowest BCUT2D eigenvalue weighted by Gasteiger charge is -2.35. The van der Waals surface area contributed by atoms with Crippen LogP contribution in [0, 0.1) is 5.92 Å². The molecule has 0 bridgehead atoms. The Labute approximate surface area is 114 Å². The summed E-state index contributed by atoms with van der Waals surface area (Å²) in [6.07, 6.45) is 0.0889. The number of fused-ring (bicyclic) bond motifs is 1. The van der Waals surface area contributed by atoms with Gasteiger partial charge in [-0.1, -0.05) is 6.92 Å². The first kappa shape index (κ1) is 14.2. The second-order valence-electron chi connectivity index (χ2n) is 5.88. The second-order valence-corrected chi connectivity index (χ2v) is 5.88. The van der Waals surface area contributed by atoms with E-state index in [1.165, 1.54) is 0 Å². The Balaban J connectivity index is 2.14. The zero-order valence-electron chi connectivity index (χ0n) is 11.7. The van der Waals surface area contributed by atoms with Crippen molar-refractivity contribution >= 4 is 0 Å². The molecule has 0 aliphatic carbocycles. The fourth-order valence-corrected chi connectivity index (χ4v) is 2.17. The second kappa shape index (κ2) is 5.39. The van der Waals surface area contributed by atoms with E-state index in [1.807, 2.05) is 39.0 Å². The lowest BCUT2D eigenvalue weighted by molar-refractivity contribution is 0.0112. The molecule has 0 amide bonds. The van der Waals surface area contributed by atoms with Gasteiger partial charge in [0.05, 0.1) is 12.7 Å². The van der Waals surface area contributed by atoms with Crippen LogP contribution in [0.15, 0.2) is 18.2 Å². The summed E-state index contributed by atoms with van der Waals surface area (Å²) in [6.45, 7) is 6.40. The molecule has 1 aliphatic rings. The van der Waals surface area contributed by atoms with E-state index in [9.17, 15) is 5.11 Å². The maximum absolute atomic E-state index is 10.1. The van der Waals surface area contributed by atoms with E-state index in [2.05, 4.69) is 0 Å². The maximum atomic E-state index is 10.1. The molecule has 0 aromatic heterocycles. The van der Waals surface area contributed by atoms with Crippen LogP contribution < -0.4 is 9.47 Å². The Hall–Kier alpha value is -1.26. The van der Waals surface area contributed by atoms with E-state index >= 15 is 0 Å². The number of hydrogen-bond acceptors (Lipinski definition) is 4. The molecule has 1 aromatic carbocycles. The Morgan fingerprint density at radius 3 is 2.89 bits per heavy atom. The predicted octanol–water partition coefficient (Wildman–Crippen LogP) is 2.29. The summed E-state index contributed by atoms with van der Waals surface area (Å²) < 4.78 is 11.5. The number of aliphatic hydroxyl groups excluding tert-OH is 2. The molecule has 4 nitrogen and oxygen atoms in total. The minimum Gasteiger partial charge on any atom is -0.493 e. The summed E-state index contributed by atoms with van der Waals surface area (Å²) in [4.78, 5) is 0. The number of hydrogen-bond donors (Lipinski definition) is 2. The molecule has 0 radical (unpaired) electrons. The van der Waals surface area contributed by atoms with Crippen LogP contribution in [0.4, 0.5) is 0 Å². The fourth-order valence-electron chi connectivity index (χ4n) is 2.17. The third-order valence-electron chi connectivity index (χ3n) is 3.26. The first-order chi connectivity index (χ1) is 8.91. The molecule has 2 N–H and O–H groups in total. The molecule has 106 valence electrons. The summed E-state index contributed by atoms with van der Waals surface area (Å²) in [6, 6.07) is 5.48. The SMILES string of the molecule is CC(CO)COc1ccc2c(c1)OC(C)(C)CC2O. The van der Waals surface area contributed by atoms with Gasteiger partial charge in [0.25, 0.3) is 0 Å². The van der Waals surface area contributed by atoms with E-state index in [1.54, 1.807) is 0 Å². The number of ether oxygens (including phenoxy) is 2. The molecule has 2 rings (SSSR count). The number of rotatable bonds is 4. The van der Waals surface area contributed by atoms with Gasteiger partial charge in [0.15, 0.2) is 0 Å². The standard InChI is InChI=1S/C15H22O4/c1-10(8-16)9-18-11-4-5-12-13(17)7-15(2,3)19-14(12)6-11/h4-6,10,13,16-17H,7-9H2,1-3H3. The lowest BCUT2D eigenvalue weighted by Crippen LogP contribution is -2.34. The van der Waals surface area contributed by atoms with Crippen molar-refractivity contribution in [3.63, 3.8) is 0 Å². The maximum Gasteiger partial charge on any atom is 0.129 e. The molecule has 2 unspecified atom stereocenters. The highest BCUT2D eigenvalue weighted by Gasteiger charge is 2.32. The predicted molar refractivity (Wildman–Crippen MR) is 72.5 cm³/mol. The summed E-state index contributed by atoms with van der Waals surface area (Å²) in [7, 11) is 0. The molecule has 0 fully saturated rings. The van der Waals surface area contributed by atoms with Gasteiger partial charge >= 0.3 is 0 Å². The largest absolute Gasteiger partial charge is 0.493 e. The first-order valence-electron chi connectivity index (χ1n) is 6.66. The summed E-state index contributed by atoms with van der Waals surface area (Å²) in [5.41, 5.74) is 0.436. The van der Waals surface area contributed by atoms with Crippen molar-refractivity contribution in [3.05, 3.63) is 23.8 Å². The van der Waals surface area contributed by atoms with Gasteiger partial charge in [-0.2, -0.15) is 0 Å². The third-order valence-corrected chi connectivity index (χ3v) is 3.26. The van der Waals surface area contributed by atoms with Gasteiger partial charge in [-0.3, -0.25) is 0 Å². The zero-order valence-corrected chi connectivity index (χ0v) is 11.7. The quantitative estimate of drug-likeness (QED) is 0.878. The van der Waals surface area contributed by atoms with Gasteiger partial charge in [-0.25, -0.2) is 0 Å². The lowest BCUT2D eigenvalue weighted by atomic mass is 9.92. The molecule has 0 saturated carbocycles. The first-order valence-corrected chi connectivity index (χ1v) is 6.66. The monoisotopic (exact) mass is 266 g/mol. The molecule has 1 heterocycles. The average molecular weight is 266 g/mol. The van der Waals surface area contributed by atoms with Crippen molar-refractivity contribution in [1.29, 1.82) is 0 Å². The van der Waals surface area contributed by atoms with Crippen LogP contribution in [0.1, 0.15) is 38.9 Å². The van der Waals surface area contributed by atoms with Gasteiger partial charge in [0, 0.05) is 30.6 Å². The number of aliphatic hydroxyl groups is 2. The molecule has 0 spiro atoms. The van der Waals surface area contributed by atoms with Crippen molar-refractivity contribution in [2.45, 2.75) is 38.9 Å². The zero-order chi connectivity index (χ0) is 14.0. The van der Waals surface area contributed by atoms with Crippen molar-refractivity contribution in [1.82, 2.24) is 0 Å². The van der Waals surface area contributed by atoms with E-state index in [0.717, 1.165) is 5.56 Å². The minimum atomic E-state index is -0.496. The van der Waals surface area contributed by atoms with E-state index in [-0.39, 0.29) is 18.1 Å². The number of benzene rings is 1. The van der Waals surface area contributed by atoms with Gasteiger partial charge in [-0.15, -0.1) is 0 Å². The molecule has 1 aromatic rings. The third kappa shape index (κ3) is 3.39. The van der Waals surface area contributed by atoms with E-state index in [4.69, 9.17) is 14.6 Å². The Morgan fingerprint density at radius 2 is 2.21 bits per heavy atom. The van der Waals surface area contributed by atoms with Gasteiger partial charge in [0.1, 0.15) is 17.1 Å². The topological polar surface area (TPSA) is 58.9 Å². The van der Waals surface area contributed by atoms with E-state index < -0.39 is 6.10 Å².